The van der Waals surface area contributed by atoms with Crippen molar-refractivity contribution in [3.8, 4) is 0 Å². The lowest BCUT2D eigenvalue weighted by molar-refractivity contribution is -0.145. The maximum atomic E-state index is 11.4. The first kappa shape index (κ1) is 16.2. The van der Waals surface area contributed by atoms with Crippen molar-refractivity contribution in [2.24, 2.45) is 0 Å². The average molecular weight is 262 g/mol. The van der Waals surface area contributed by atoms with Crippen LogP contribution in [-0.2, 0) is 14.3 Å². The van der Waals surface area contributed by atoms with Crippen LogP contribution in [0.25, 0.3) is 0 Å². The third-order valence-electron chi connectivity index (χ3n) is 1.93. The van der Waals surface area contributed by atoms with Crippen LogP contribution in [-0.4, -0.2) is 53.5 Å². The molecule has 0 rings (SSSR count). The molecule has 2 atom stereocenters. The van der Waals surface area contributed by atoms with Crippen molar-refractivity contribution in [1.29, 1.82) is 0 Å². The van der Waals surface area contributed by atoms with E-state index in [9.17, 15) is 14.4 Å². The van der Waals surface area contributed by atoms with Crippen LogP contribution in [0.2, 0.25) is 0 Å². The van der Waals surface area contributed by atoms with Crippen LogP contribution < -0.4 is 10.6 Å². The third kappa shape index (κ3) is 7.44. The third-order valence-corrected chi connectivity index (χ3v) is 1.93. The predicted octanol–water partition coefficient (Wildman–Crippen LogP) is -0.361. The molecule has 0 aliphatic rings. The average Bonchev–Trinajstić information content (AvgIpc) is 2.24. The molecule has 104 valence electrons. The number of carboxylic acids is 2. The van der Waals surface area contributed by atoms with Gasteiger partial charge in [-0.3, -0.25) is 4.79 Å². The van der Waals surface area contributed by atoms with Gasteiger partial charge in [-0.05, 0) is 13.8 Å². The highest BCUT2D eigenvalue weighted by Gasteiger charge is 2.23. The number of urea groups is 1. The van der Waals surface area contributed by atoms with Crippen molar-refractivity contribution in [3.05, 3.63) is 0 Å². The van der Waals surface area contributed by atoms with Crippen LogP contribution in [0.15, 0.2) is 0 Å². The standard InChI is InChI=1S/C10H18N2O6/c1-3-18-5-6(2)11-10(17)12-7(9(15)16)4-8(13)14/h6-7H,3-5H2,1-2H3,(H,13,14)(H,15,16)(H2,11,12,17)/t6?,7-/m1/s1. The summed E-state index contributed by atoms with van der Waals surface area (Å²) in [5.74, 6) is -2.70. The van der Waals surface area contributed by atoms with Crippen molar-refractivity contribution in [1.82, 2.24) is 10.6 Å². The minimum atomic E-state index is -1.46. The van der Waals surface area contributed by atoms with E-state index >= 15 is 0 Å². The fraction of sp³-hybridized carbons (Fsp3) is 0.700. The summed E-state index contributed by atoms with van der Waals surface area (Å²) in [5, 5.41) is 21.7. The maximum absolute atomic E-state index is 11.4. The summed E-state index contributed by atoms with van der Waals surface area (Å²) in [6, 6.07) is -2.50. The van der Waals surface area contributed by atoms with Gasteiger partial charge in [0.2, 0.25) is 0 Å². The highest BCUT2D eigenvalue weighted by Crippen LogP contribution is 1.93. The minimum absolute atomic E-state index is 0.292. The zero-order valence-corrected chi connectivity index (χ0v) is 10.3. The van der Waals surface area contributed by atoms with E-state index in [0.29, 0.717) is 13.2 Å². The van der Waals surface area contributed by atoms with Crippen molar-refractivity contribution in [2.45, 2.75) is 32.4 Å². The number of rotatable bonds is 8. The van der Waals surface area contributed by atoms with Gasteiger partial charge in [0, 0.05) is 6.61 Å². The monoisotopic (exact) mass is 262 g/mol. The molecule has 0 bridgehead atoms. The fourth-order valence-corrected chi connectivity index (χ4v) is 1.13. The molecule has 0 saturated carbocycles. The van der Waals surface area contributed by atoms with E-state index in [2.05, 4.69) is 10.6 Å². The summed E-state index contributed by atoms with van der Waals surface area (Å²) < 4.78 is 5.06. The van der Waals surface area contributed by atoms with E-state index in [4.69, 9.17) is 14.9 Å². The SMILES string of the molecule is CCOCC(C)NC(=O)N[C@H](CC(=O)O)C(=O)O. The number of carbonyl (C=O) groups is 3. The zero-order valence-electron chi connectivity index (χ0n) is 10.3. The molecule has 0 heterocycles. The van der Waals surface area contributed by atoms with Crippen molar-refractivity contribution < 1.29 is 29.3 Å². The van der Waals surface area contributed by atoms with Gasteiger partial charge in [0.15, 0.2) is 0 Å². The molecule has 0 aliphatic heterocycles. The summed E-state index contributed by atoms with van der Waals surface area (Å²) in [4.78, 5) is 32.5. The van der Waals surface area contributed by atoms with Gasteiger partial charge < -0.3 is 25.6 Å². The van der Waals surface area contributed by atoms with Gasteiger partial charge in [0.05, 0.1) is 19.1 Å². The van der Waals surface area contributed by atoms with Crippen molar-refractivity contribution >= 4 is 18.0 Å². The first-order valence-corrected chi connectivity index (χ1v) is 5.46. The molecular weight excluding hydrogens is 244 g/mol. The van der Waals surface area contributed by atoms with E-state index in [1.54, 1.807) is 13.8 Å². The Morgan fingerprint density at radius 1 is 1.22 bits per heavy atom. The molecule has 0 fully saturated rings. The molecular formula is C10H18N2O6. The largest absolute Gasteiger partial charge is 0.481 e. The topological polar surface area (TPSA) is 125 Å². The second kappa shape index (κ2) is 8.29. The van der Waals surface area contributed by atoms with Crippen LogP contribution in [0.4, 0.5) is 4.79 Å². The lowest BCUT2D eigenvalue weighted by atomic mass is 10.2. The molecule has 4 N–H and O–H groups in total. The molecule has 0 aliphatic carbocycles. The number of amides is 2. The number of hydrogen-bond donors (Lipinski definition) is 4. The second-order valence-corrected chi connectivity index (χ2v) is 3.67. The zero-order chi connectivity index (χ0) is 14.1. The lowest BCUT2D eigenvalue weighted by Crippen LogP contribution is -2.50. The fourth-order valence-electron chi connectivity index (χ4n) is 1.13. The van der Waals surface area contributed by atoms with E-state index in [-0.39, 0.29) is 6.04 Å². The van der Waals surface area contributed by atoms with Gasteiger partial charge in [0.1, 0.15) is 6.04 Å². The lowest BCUT2D eigenvalue weighted by Gasteiger charge is -2.17. The van der Waals surface area contributed by atoms with Gasteiger partial charge in [-0.25, -0.2) is 9.59 Å². The van der Waals surface area contributed by atoms with Gasteiger partial charge >= 0.3 is 18.0 Å². The smallest absolute Gasteiger partial charge is 0.326 e. The Morgan fingerprint density at radius 2 is 1.83 bits per heavy atom. The Bertz CT molecular complexity index is 307. The number of hydrogen-bond acceptors (Lipinski definition) is 4. The summed E-state index contributed by atoms with van der Waals surface area (Å²) in [6.07, 6.45) is -0.678. The molecule has 0 aromatic carbocycles. The summed E-state index contributed by atoms with van der Waals surface area (Å²) in [5.41, 5.74) is 0. The highest BCUT2D eigenvalue weighted by molar-refractivity contribution is 5.86. The summed E-state index contributed by atoms with van der Waals surface area (Å²) in [7, 11) is 0. The van der Waals surface area contributed by atoms with E-state index < -0.39 is 30.4 Å². The molecule has 8 nitrogen and oxygen atoms in total. The van der Waals surface area contributed by atoms with Crippen LogP contribution in [0.3, 0.4) is 0 Å². The highest BCUT2D eigenvalue weighted by atomic mass is 16.5. The van der Waals surface area contributed by atoms with Gasteiger partial charge in [0.25, 0.3) is 0 Å². The molecule has 18 heavy (non-hydrogen) atoms. The molecule has 8 heteroatoms. The Labute approximate surface area is 104 Å². The van der Waals surface area contributed by atoms with E-state index in [1.807, 2.05) is 0 Å². The van der Waals surface area contributed by atoms with Crippen LogP contribution in [0.1, 0.15) is 20.3 Å². The number of carbonyl (C=O) groups excluding carboxylic acids is 1. The Kier molecular flexibility index (Phi) is 7.45. The number of ether oxygens (including phenoxy) is 1. The Balaban J connectivity index is 4.17. The van der Waals surface area contributed by atoms with Crippen molar-refractivity contribution in [2.75, 3.05) is 13.2 Å². The van der Waals surface area contributed by atoms with Crippen LogP contribution in [0.5, 0.6) is 0 Å². The second-order valence-electron chi connectivity index (χ2n) is 3.67. The predicted molar refractivity (Wildman–Crippen MR) is 61.3 cm³/mol. The first-order chi connectivity index (χ1) is 8.36. The molecule has 0 radical (unpaired) electrons. The molecule has 2 amide bonds. The van der Waals surface area contributed by atoms with Gasteiger partial charge in [-0.15, -0.1) is 0 Å². The van der Waals surface area contributed by atoms with Gasteiger partial charge in [-0.1, -0.05) is 0 Å². The number of carboxylic acid groups (broad SMARTS) is 2. The van der Waals surface area contributed by atoms with Gasteiger partial charge in [-0.2, -0.15) is 0 Å². The minimum Gasteiger partial charge on any atom is -0.481 e. The van der Waals surface area contributed by atoms with E-state index in [1.165, 1.54) is 0 Å². The Morgan fingerprint density at radius 3 is 2.28 bits per heavy atom. The molecule has 0 aromatic heterocycles. The number of nitrogens with one attached hydrogen (secondary N) is 2. The summed E-state index contributed by atoms with van der Waals surface area (Å²) in [6.45, 7) is 4.29. The maximum Gasteiger partial charge on any atom is 0.326 e. The molecule has 0 spiro atoms. The van der Waals surface area contributed by atoms with Crippen molar-refractivity contribution in [3.63, 3.8) is 0 Å². The first-order valence-electron chi connectivity index (χ1n) is 5.46. The Hall–Kier alpha value is -1.83. The number of aliphatic carboxylic acids is 2. The normalized spacial score (nSPS) is 13.4. The van der Waals surface area contributed by atoms with E-state index in [0.717, 1.165) is 0 Å². The molecule has 1 unspecified atom stereocenters. The summed E-state index contributed by atoms with van der Waals surface area (Å²) >= 11 is 0. The van der Waals surface area contributed by atoms with Crippen LogP contribution >= 0.6 is 0 Å². The molecule has 0 aromatic rings. The molecule has 0 saturated heterocycles. The quantitative estimate of drug-likeness (QED) is 0.473. The van der Waals surface area contributed by atoms with Crippen LogP contribution in [0, 0.1) is 0 Å².